The van der Waals surface area contributed by atoms with Crippen LogP contribution in [0.3, 0.4) is 0 Å². The summed E-state index contributed by atoms with van der Waals surface area (Å²) < 4.78 is 22.1. The third kappa shape index (κ3) is 4.78. The minimum Gasteiger partial charge on any atom is -0.495 e. The molecule has 3 aromatic carbocycles. The lowest BCUT2D eigenvalue weighted by molar-refractivity contribution is 0.262. The Balaban J connectivity index is 1.53. The first-order valence-electron chi connectivity index (χ1n) is 10.4. The molecule has 1 heterocycles. The Morgan fingerprint density at radius 2 is 1.53 bits per heavy atom. The molecule has 4 rings (SSSR count). The Labute approximate surface area is 196 Å². The van der Waals surface area contributed by atoms with Crippen molar-refractivity contribution in [1.29, 1.82) is 0 Å². The number of benzene rings is 3. The summed E-state index contributed by atoms with van der Waals surface area (Å²) in [6.07, 6.45) is 1.43. The summed E-state index contributed by atoms with van der Waals surface area (Å²) in [5.74, 6) is 2.66. The number of anilines is 2. The lowest BCUT2D eigenvalue weighted by atomic mass is 10.2. The fraction of sp³-hybridized carbons (Fsp3) is 0.160. The number of hydrogen-bond acceptors (Lipinski definition) is 7. The molecule has 0 spiro atoms. The number of hydrogen-bond donors (Lipinski definition) is 2. The molecule has 0 fully saturated rings. The Morgan fingerprint density at radius 3 is 2.26 bits per heavy atom. The number of rotatable bonds is 7. The maximum atomic E-state index is 12.4. The van der Waals surface area contributed by atoms with E-state index in [9.17, 15) is 4.79 Å². The lowest BCUT2D eigenvalue weighted by Gasteiger charge is -2.14. The molecule has 4 aromatic rings. The maximum absolute atomic E-state index is 12.4. The van der Waals surface area contributed by atoms with Gasteiger partial charge in [-0.2, -0.15) is 0 Å². The molecular formula is C25H24N4O5. The van der Waals surface area contributed by atoms with Gasteiger partial charge in [-0.25, -0.2) is 14.8 Å². The van der Waals surface area contributed by atoms with Crippen LogP contribution in [0.1, 0.15) is 5.56 Å². The van der Waals surface area contributed by atoms with Crippen molar-refractivity contribution in [2.24, 2.45) is 0 Å². The topological polar surface area (TPSA) is 104 Å². The highest BCUT2D eigenvalue weighted by Gasteiger charge is 2.14. The molecular weight excluding hydrogens is 436 g/mol. The molecule has 0 aliphatic carbocycles. The number of ether oxygens (including phenoxy) is 4. The first kappa shape index (κ1) is 22.7. The number of nitrogens with one attached hydrogen (secondary N) is 2. The number of fused-ring (bicyclic) bond motifs is 1. The smallest absolute Gasteiger partial charge is 0.323 e. The number of nitrogens with zero attached hydrogens (tertiary/aromatic N) is 2. The van der Waals surface area contributed by atoms with Crippen LogP contribution in [0.4, 0.5) is 16.2 Å². The highest BCUT2D eigenvalue weighted by atomic mass is 16.5. The van der Waals surface area contributed by atoms with Crippen LogP contribution in [0.2, 0.25) is 0 Å². The highest BCUT2D eigenvalue weighted by Crippen LogP contribution is 2.36. The quantitative estimate of drug-likeness (QED) is 0.380. The summed E-state index contributed by atoms with van der Waals surface area (Å²) in [4.78, 5) is 21.0. The van der Waals surface area contributed by atoms with Gasteiger partial charge in [-0.05, 0) is 48.9 Å². The number of carbonyl (C=O) groups is 1. The predicted octanol–water partition coefficient (Wildman–Crippen LogP) is 5.40. The highest BCUT2D eigenvalue weighted by molar-refractivity contribution is 6.00. The molecule has 0 aliphatic rings. The molecule has 0 unspecified atom stereocenters. The van der Waals surface area contributed by atoms with Gasteiger partial charge in [-0.1, -0.05) is 12.1 Å². The minimum atomic E-state index is -0.389. The van der Waals surface area contributed by atoms with Gasteiger partial charge in [-0.3, -0.25) is 0 Å². The molecule has 9 heteroatoms. The van der Waals surface area contributed by atoms with E-state index in [1.54, 1.807) is 57.7 Å². The van der Waals surface area contributed by atoms with Crippen LogP contribution >= 0.6 is 0 Å². The minimum absolute atomic E-state index is 0.378. The van der Waals surface area contributed by atoms with Crippen molar-refractivity contribution >= 4 is 28.3 Å². The molecule has 2 amide bonds. The van der Waals surface area contributed by atoms with Gasteiger partial charge < -0.3 is 29.6 Å². The second-order valence-electron chi connectivity index (χ2n) is 7.26. The number of aromatic nitrogens is 2. The van der Waals surface area contributed by atoms with Crippen molar-refractivity contribution in [1.82, 2.24) is 9.97 Å². The van der Waals surface area contributed by atoms with E-state index in [0.29, 0.717) is 51.2 Å². The monoisotopic (exact) mass is 460 g/mol. The van der Waals surface area contributed by atoms with Gasteiger partial charge in [0, 0.05) is 11.8 Å². The average molecular weight is 460 g/mol. The summed E-state index contributed by atoms with van der Waals surface area (Å²) in [5, 5.41) is 6.27. The number of amides is 2. The van der Waals surface area contributed by atoms with Gasteiger partial charge in [0.15, 0.2) is 11.5 Å². The number of para-hydroxylation sites is 2. The Kier molecular flexibility index (Phi) is 6.63. The zero-order valence-corrected chi connectivity index (χ0v) is 19.2. The molecule has 174 valence electrons. The zero-order valence-electron chi connectivity index (χ0n) is 19.2. The number of methoxy groups -OCH3 is 3. The third-order valence-corrected chi connectivity index (χ3v) is 5.10. The second kappa shape index (κ2) is 9.95. The molecule has 9 nitrogen and oxygen atoms in total. The lowest BCUT2D eigenvalue weighted by Crippen LogP contribution is -2.19. The summed E-state index contributed by atoms with van der Waals surface area (Å²) in [5.41, 5.74) is 2.65. The molecule has 0 aliphatic heterocycles. The predicted molar refractivity (Wildman–Crippen MR) is 130 cm³/mol. The number of urea groups is 1. The summed E-state index contributed by atoms with van der Waals surface area (Å²) in [7, 11) is 4.68. The Hall–Kier alpha value is -4.53. The van der Waals surface area contributed by atoms with E-state index < -0.39 is 0 Å². The van der Waals surface area contributed by atoms with E-state index in [0.717, 1.165) is 5.56 Å². The second-order valence-corrected chi connectivity index (χ2v) is 7.26. The first-order valence-corrected chi connectivity index (χ1v) is 10.4. The van der Waals surface area contributed by atoms with Gasteiger partial charge in [-0.15, -0.1) is 0 Å². The molecule has 0 saturated heterocycles. The first-order chi connectivity index (χ1) is 16.5. The van der Waals surface area contributed by atoms with Crippen molar-refractivity contribution in [3.05, 3.63) is 66.5 Å². The van der Waals surface area contributed by atoms with Gasteiger partial charge in [0.25, 0.3) is 0 Å². The summed E-state index contributed by atoms with van der Waals surface area (Å²) >= 11 is 0. The van der Waals surface area contributed by atoms with Crippen molar-refractivity contribution in [3.8, 4) is 28.9 Å². The molecule has 0 atom stereocenters. The van der Waals surface area contributed by atoms with E-state index >= 15 is 0 Å². The average Bonchev–Trinajstić information content (AvgIpc) is 2.85. The number of carbonyl (C=O) groups excluding carboxylic acids is 1. The maximum Gasteiger partial charge on any atom is 0.323 e. The van der Waals surface area contributed by atoms with E-state index in [1.165, 1.54) is 6.33 Å². The van der Waals surface area contributed by atoms with Crippen molar-refractivity contribution in [2.75, 3.05) is 32.0 Å². The largest absolute Gasteiger partial charge is 0.495 e. The Morgan fingerprint density at radius 1 is 0.794 bits per heavy atom. The van der Waals surface area contributed by atoms with Crippen LogP contribution in [0.15, 0.2) is 60.9 Å². The molecule has 0 radical (unpaired) electrons. The summed E-state index contributed by atoms with van der Waals surface area (Å²) in [6.45, 7) is 1.88. The zero-order chi connectivity index (χ0) is 24.1. The van der Waals surface area contributed by atoms with Crippen LogP contribution < -0.4 is 29.6 Å². The van der Waals surface area contributed by atoms with Gasteiger partial charge >= 0.3 is 6.03 Å². The van der Waals surface area contributed by atoms with Crippen LogP contribution in [-0.2, 0) is 0 Å². The van der Waals surface area contributed by atoms with Crippen LogP contribution in [0, 0.1) is 6.92 Å². The van der Waals surface area contributed by atoms with E-state index in [1.807, 2.05) is 25.1 Å². The van der Waals surface area contributed by atoms with E-state index in [4.69, 9.17) is 18.9 Å². The summed E-state index contributed by atoms with van der Waals surface area (Å²) in [6, 6.07) is 15.7. The van der Waals surface area contributed by atoms with Crippen molar-refractivity contribution in [3.63, 3.8) is 0 Å². The fourth-order valence-electron chi connectivity index (χ4n) is 3.42. The van der Waals surface area contributed by atoms with Crippen molar-refractivity contribution in [2.45, 2.75) is 6.92 Å². The van der Waals surface area contributed by atoms with E-state index in [2.05, 4.69) is 20.6 Å². The van der Waals surface area contributed by atoms with Crippen molar-refractivity contribution < 1.29 is 23.7 Å². The SMILES string of the molecule is COc1ccccc1NC(=O)Nc1ccc(Oc2ncnc3cc(OC)c(OC)cc23)c(C)c1. The molecule has 0 saturated carbocycles. The third-order valence-electron chi connectivity index (χ3n) is 5.10. The standard InChI is InChI=1S/C25H24N4O5/c1-15-11-16(28-25(30)29-18-7-5-6-8-21(18)31-2)9-10-20(15)34-24-17-12-22(32-3)23(33-4)13-19(17)26-14-27-24/h5-14H,1-4H3,(H2,28,29,30). The van der Waals surface area contributed by atoms with Crippen LogP contribution in [-0.4, -0.2) is 37.3 Å². The normalized spacial score (nSPS) is 10.5. The van der Waals surface area contributed by atoms with E-state index in [-0.39, 0.29) is 6.03 Å². The molecule has 2 N–H and O–H groups in total. The molecule has 34 heavy (non-hydrogen) atoms. The fourth-order valence-corrected chi connectivity index (χ4v) is 3.42. The molecule has 1 aromatic heterocycles. The van der Waals surface area contributed by atoms with Gasteiger partial charge in [0.05, 0.1) is 37.9 Å². The van der Waals surface area contributed by atoms with Crippen LogP contribution in [0.25, 0.3) is 10.9 Å². The van der Waals surface area contributed by atoms with Gasteiger partial charge in [0.1, 0.15) is 17.8 Å². The molecule has 0 bridgehead atoms. The Bertz CT molecular complexity index is 1340. The van der Waals surface area contributed by atoms with Gasteiger partial charge in [0.2, 0.25) is 5.88 Å². The van der Waals surface area contributed by atoms with Crippen LogP contribution in [0.5, 0.6) is 28.9 Å². The number of aryl methyl sites for hydroxylation is 1.